The van der Waals surface area contributed by atoms with E-state index in [1.165, 1.54) is 12.0 Å². The molecule has 3 N–H and O–H groups in total. The summed E-state index contributed by atoms with van der Waals surface area (Å²) in [6, 6.07) is 4.95. The van der Waals surface area contributed by atoms with E-state index in [4.69, 9.17) is 14.6 Å². The second kappa shape index (κ2) is 7.04. The molecule has 3 rings (SSSR count). The molecule has 0 aromatic heterocycles. The molecule has 1 unspecified atom stereocenters. The minimum Gasteiger partial charge on any atom is -0.479 e. The van der Waals surface area contributed by atoms with Crippen LogP contribution in [-0.2, 0) is 19.1 Å². The molecule has 9 heteroatoms. The third-order valence-electron chi connectivity index (χ3n) is 4.13. The van der Waals surface area contributed by atoms with Crippen molar-refractivity contribution >= 4 is 29.2 Å². The van der Waals surface area contributed by atoms with Gasteiger partial charge in [0.2, 0.25) is 0 Å². The number of esters is 1. The molecule has 1 aromatic carbocycles. The quantitative estimate of drug-likeness (QED) is 0.636. The number of anilines is 2. The van der Waals surface area contributed by atoms with Crippen LogP contribution in [0.5, 0.6) is 5.75 Å². The lowest BCUT2D eigenvalue weighted by atomic mass is 10.2. The number of hydrogen-bond acceptors (Lipinski definition) is 7. The van der Waals surface area contributed by atoms with Crippen LogP contribution in [0.2, 0.25) is 0 Å². The Morgan fingerprint density at radius 3 is 2.92 bits per heavy atom. The Morgan fingerprint density at radius 2 is 2.23 bits per heavy atom. The van der Waals surface area contributed by atoms with Crippen molar-refractivity contribution < 1.29 is 29.0 Å². The van der Waals surface area contributed by atoms with Gasteiger partial charge in [-0.05, 0) is 25.1 Å². The Morgan fingerprint density at radius 1 is 1.46 bits per heavy atom. The smallest absolute Gasteiger partial charge is 0.337 e. The van der Waals surface area contributed by atoms with E-state index in [1.54, 1.807) is 25.1 Å². The van der Waals surface area contributed by atoms with Gasteiger partial charge in [0.15, 0.2) is 6.10 Å². The molecule has 0 saturated carbocycles. The largest absolute Gasteiger partial charge is 0.479 e. The van der Waals surface area contributed by atoms with Gasteiger partial charge in [0.25, 0.3) is 11.8 Å². The molecule has 2 aliphatic heterocycles. The summed E-state index contributed by atoms with van der Waals surface area (Å²) in [7, 11) is 1.24. The van der Waals surface area contributed by atoms with Crippen molar-refractivity contribution in [3.05, 3.63) is 29.5 Å². The first-order valence-electron chi connectivity index (χ1n) is 8.04. The summed E-state index contributed by atoms with van der Waals surface area (Å²) in [5.74, 6) is -0.782. The van der Waals surface area contributed by atoms with E-state index in [-0.39, 0.29) is 36.9 Å². The molecule has 0 fully saturated rings. The Bertz CT molecular complexity index is 804. The predicted molar refractivity (Wildman–Crippen MR) is 91.5 cm³/mol. The lowest BCUT2D eigenvalue weighted by molar-refractivity contribution is -0.136. The summed E-state index contributed by atoms with van der Waals surface area (Å²) >= 11 is 0. The molecule has 138 valence electrons. The van der Waals surface area contributed by atoms with Gasteiger partial charge in [-0.1, -0.05) is 0 Å². The number of nitrogens with one attached hydrogen (secondary N) is 2. The van der Waals surface area contributed by atoms with Crippen LogP contribution in [0.15, 0.2) is 29.5 Å². The number of aliphatic hydroxyl groups excluding tert-OH is 1. The second-order valence-corrected chi connectivity index (χ2v) is 5.88. The maximum Gasteiger partial charge on any atom is 0.337 e. The third-order valence-corrected chi connectivity index (χ3v) is 4.13. The Balaban J connectivity index is 1.88. The van der Waals surface area contributed by atoms with Gasteiger partial charge in [0.05, 0.1) is 31.5 Å². The van der Waals surface area contributed by atoms with Crippen LogP contribution in [0.4, 0.5) is 11.4 Å². The van der Waals surface area contributed by atoms with Crippen molar-refractivity contribution in [1.82, 2.24) is 4.90 Å². The average Bonchev–Trinajstić information content (AvgIpc) is 2.92. The maximum absolute atomic E-state index is 12.5. The number of nitrogens with zero attached hydrogens (tertiary/aromatic N) is 1. The van der Waals surface area contributed by atoms with Crippen molar-refractivity contribution in [2.45, 2.75) is 13.0 Å². The van der Waals surface area contributed by atoms with E-state index in [1.807, 2.05) is 0 Å². The van der Waals surface area contributed by atoms with Crippen LogP contribution in [0, 0.1) is 0 Å². The van der Waals surface area contributed by atoms with Gasteiger partial charge >= 0.3 is 5.97 Å². The van der Waals surface area contributed by atoms with E-state index in [0.29, 0.717) is 17.1 Å². The first-order valence-corrected chi connectivity index (χ1v) is 8.04. The van der Waals surface area contributed by atoms with Crippen molar-refractivity contribution in [1.29, 1.82) is 0 Å². The minimum absolute atomic E-state index is 0.0523. The van der Waals surface area contributed by atoms with Crippen molar-refractivity contribution in [2.75, 3.05) is 37.4 Å². The van der Waals surface area contributed by atoms with Crippen molar-refractivity contribution in [3.8, 4) is 5.75 Å². The molecule has 1 aromatic rings. The summed E-state index contributed by atoms with van der Waals surface area (Å²) in [5.41, 5.74) is 1.23. The summed E-state index contributed by atoms with van der Waals surface area (Å²) in [4.78, 5) is 37.6. The second-order valence-electron chi connectivity index (χ2n) is 5.88. The molecule has 2 heterocycles. The molecule has 2 aliphatic rings. The molecule has 26 heavy (non-hydrogen) atoms. The molecule has 2 amide bonds. The fraction of sp³-hybridized carbons (Fsp3) is 0.353. The minimum atomic E-state index is -0.621. The molecule has 0 radical (unpaired) electrons. The standard InChI is InChI=1S/C17H19N3O6/c1-9-15(22)19-12-7-10(3-4-13(12)26-9)18-14-11(17(24)25-2)8-20(5-6-21)16(14)23/h3-4,7,9,18,21H,5-6,8H2,1-2H3,(H,19,22). The summed E-state index contributed by atoms with van der Waals surface area (Å²) < 4.78 is 10.2. The average molecular weight is 361 g/mol. The third kappa shape index (κ3) is 3.21. The van der Waals surface area contributed by atoms with Crippen LogP contribution in [0.25, 0.3) is 0 Å². The number of β-amino-alcohol motifs (C(OH)–C–C–N with tert-alkyl or cyclic N) is 1. The molecule has 1 atom stereocenters. The van der Waals surface area contributed by atoms with Crippen LogP contribution in [0.1, 0.15) is 6.92 Å². The van der Waals surface area contributed by atoms with Gasteiger partial charge in [-0.15, -0.1) is 0 Å². The lowest BCUT2D eigenvalue weighted by Gasteiger charge is -2.24. The Labute approximate surface area is 149 Å². The topological polar surface area (TPSA) is 117 Å². The van der Waals surface area contributed by atoms with Gasteiger partial charge in [0, 0.05) is 12.2 Å². The number of carbonyl (C=O) groups excluding carboxylic acids is 3. The van der Waals surface area contributed by atoms with Crippen molar-refractivity contribution in [3.63, 3.8) is 0 Å². The molecular weight excluding hydrogens is 342 g/mol. The monoisotopic (exact) mass is 361 g/mol. The number of hydrogen-bond donors (Lipinski definition) is 3. The fourth-order valence-corrected chi connectivity index (χ4v) is 2.78. The highest BCUT2D eigenvalue weighted by atomic mass is 16.5. The molecular formula is C17H19N3O6. The van der Waals surface area contributed by atoms with Gasteiger partial charge in [-0.2, -0.15) is 0 Å². The highest BCUT2D eigenvalue weighted by Crippen LogP contribution is 2.33. The zero-order valence-corrected chi connectivity index (χ0v) is 14.4. The van der Waals surface area contributed by atoms with Crippen LogP contribution in [-0.4, -0.2) is 60.7 Å². The normalized spacial score (nSPS) is 19.0. The fourth-order valence-electron chi connectivity index (χ4n) is 2.78. The number of carbonyl (C=O) groups is 3. The Hall–Kier alpha value is -3.07. The highest BCUT2D eigenvalue weighted by molar-refractivity contribution is 6.08. The number of amides is 2. The SMILES string of the molecule is COC(=O)C1=C(Nc2ccc3c(c2)NC(=O)C(C)O3)C(=O)N(CCO)C1. The van der Waals surface area contributed by atoms with E-state index in [9.17, 15) is 14.4 Å². The summed E-state index contributed by atoms with van der Waals surface area (Å²) in [5, 5.41) is 14.7. The number of benzene rings is 1. The van der Waals surface area contributed by atoms with Crippen molar-refractivity contribution in [2.24, 2.45) is 0 Å². The van der Waals surface area contributed by atoms with E-state index in [0.717, 1.165) is 0 Å². The predicted octanol–water partition coefficient (Wildman–Crippen LogP) is 0.0795. The zero-order valence-electron chi connectivity index (χ0n) is 14.4. The number of rotatable bonds is 5. The number of aliphatic hydroxyl groups is 1. The summed E-state index contributed by atoms with van der Waals surface area (Å²) in [6.45, 7) is 1.59. The lowest BCUT2D eigenvalue weighted by Crippen LogP contribution is -2.34. The van der Waals surface area contributed by atoms with Crippen LogP contribution < -0.4 is 15.4 Å². The molecule has 0 spiro atoms. The molecule has 0 saturated heterocycles. The first kappa shape index (κ1) is 17.7. The highest BCUT2D eigenvalue weighted by Gasteiger charge is 2.34. The van der Waals surface area contributed by atoms with E-state index >= 15 is 0 Å². The van der Waals surface area contributed by atoms with Crippen LogP contribution >= 0.6 is 0 Å². The molecule has 9 nitrogen and oxygen atoms in total. The zero-order chi connectivity index (χ0) is 18.8. The molecule has 0 bridgehead atoms. The Kier molecular flexibility index (Phi) is 4.81. The first-order chi connectivity index (χ1) is 12.4. The van der Waals surface area contributed by atoms with Gasteiger partial charge < -0.3 is 30.1 Å². The van der Waals surface area contributed by atoms with E-state index < -0.39 is 18.0 Å². The summed E-state index contributed by atoms with van der Waals surface area (Å²) in [6.07, 6.45) is -0.585. The number of fused-ring (bicyclic) bond motifs is 1. The number of methoxy groups -OCH3 is 1. The molecule has 0 aliphatic carbocycles. The van der Waals surface area contributed by atoms with Gasteiger partial charge in [-0.3, -0.25) is 9.59 Å². The maximum atomic E-state index is 12.5. The van der Waals surface area contributed by atoms with Crippen LogP contribution in [0.3, 0.4) is 0 Å². The van der Waals surface area contributed by atoms with E-state index in [2.05, 4.69) is 10.6 Å². The van der Waals surface area contributed by atoms with Gasteiger partial charge in [0.1, 0.15) is 11.4 Å². The van der Waals surface area contributed by atoms with Gasteiger partial charge in [-0.25, -0.2) is 4.79 Å². The number of ether oxygens (including phenoxy) is 2.